The van der Waals surface area contributed by atoms with E-state index < -0.39 is 25.0 Å². The molecule has 2 aliphatic rings. The summed E-state index contributed by atoms with van der Waals surface area (Å²) in [7, 11) is 0. The minimum absolute atomic E-state index is 0.228. The van der Waals surface area contributed by atoms with Gasteiger partial charge in [0, 0.05) is 5.02 Å². The number of amides is 3. The number of esters is 1. The summed E-state index contributed by atoms with van der Waals surface area (Å²) in [5, 5.41) is 3.16. The van der Waals surface area contributed by atoms with Crippen LogP contribution in [0.4, 0.5) is 0 Å². The van der Waals surface area contributed by atoms with Crippen LogP contribution in [0.25, 0.3) is 0 Å². The zero-order valence-electron chi connectivity index (χ0n) is 15.9. The smallest absolute Gasteiger partial charge is 0.326 e. The van der Waals surface area contributed by atoms with Crippen molar-refractivity contribution >= 4 is 35.3 Å². The Bertz CT molecular complexity index is 758. The van der Waals surface area contributed by atoms with Crippen molar-refractivity contribution < 1.29 is 28.7 Å². The Morgan fingerprint density at radius 3 is 2.31 bits per heavy atom. The largest absolute Gasteiger partial charge is 0.492 e. The Morgan fingerprint density at radius 1 is 1.07 bits per heavy atom. The third-order valence-corrected chi connectivity index (χ3v) is 5.34. The molecule has 29 heavy (non-hydrogen) atoms. The fourth-order valence-corrected chi connectivity index (χ4v) is 3.77. The van der Waals surface area contributed by atoms with Gasteiger partial charge in [0.25, 0.3) is 5.91 Å². The van der Waals surface area contributed by atoms with E-state index in [0.717, 1.165) is 17.7 Å². The maximum absolute atomic E-state index is 12.3. The van der Waals surface area contributed by atoms with E-state index in [1.807, 2.05) is 0 Å². The minimum atomic E-state index is -0.780. The highest BCUT2D eigenvalue weighted by Crippen LogP contribution is 2.37. The van der Waals surface area contributed by atoms with Crippen molar-refractivity contribution in [2.75, 3.05) is 26.3 Å². The van der Waals surface area contributed by atoms with Crippen molar-refractivity contribution in [3.05, 3.63) is 29.3 Å². The Kier molecular flexibility index (Phi) is 7.09. The molecule has 1 aliphatic heterocycles. The highest BCUT2D eigenvalue weighted by molar-refractivity contribution is 6.30. The number of halogens is 1. The summed E-state index contributed by atoms with van der Waals surface area (Å²) in [5.41, 5.74) is 0. The summed E-state index contributed by atoms with van der Waals surface area (Å²) in [5.74, 6) is -1.89. The van der Waals surface area contributed by atoms with Crippen LogP contribution in [0.2, 0.25) is 5.02 Å². The lowest BCUT2D eigenvalue weighted by atomic mass is 9.81. The van der Waals surface area contributed by atoms with Crippen molar-refractivity contribution in [1.82, 2.24) is 10.2 Å². The number of nitrogens with one attached hydrogen (secondary N) is 1. The van der Waals surface area contributed by atoms with E-state index in [1.165, 1.54) is 0 Å². The van der Waals surface area contributed by atoms with Crippen molar-refractivity contribution in [3.8, 4) is 5.75 Å². The molecule has 1 saturated carbocycles. The second kappa shape index (κ2) is 9.73. The number of likely N-dealkylation sites (tertiary alicyclic amines) is 1. The van der Waals surface area contributed by atoms with Crippen LogP contribution < -0.4 is 10.1 Å². The zero-order chi connectivity index (χ0) is 20.8. The van der Waals surface area contributed by atoms with Crippen molar-refractivity contribution in [2.24, 2.45) is 11.8 Å². The monoisotopic (exact) mass is 422 g/mol. The molecule has 2 fully saturated rings. The van der Waals surface area contributed by atoms with E-state index in [2.05, 4.69) is 5.32 Å². The van der Waals surface area contributed by atoms with Gasteiger partial charge in [0.1, 0.15) is 18.9 Å². The minimum Gasteiger partial charge on any atom is -0.492 e. The molecule has 2 atom stereocenters. The first-order valence-electron chi connectivity index (χ1n) is 9.61. The molecule has 8 nitrogen and oxygen atoms in total. The molecule has 9 heteroatoms. The van der Waals surface area contributed by atoms with Gasteiger partial charge in [-0.05, 0) is 37.1 Å². The number of fused-ring (bicyclic) bond motifs is 1. The first kappa shape index (κ1) is 21.1. The Labute approximate surface area is 173 Å². The average Bonchev–Trinajstić information content (AvgIpc) is 2.96. The molecule has 1 N–H and O–H groups in total. The van der Waals surface area contributed by atoms with E-state index in [-0.39, 0.29) is 36.8 Å². The van der Waals surface area contributed by atoms with Gasteiger partial charge in [0.2, 0.25) is 11.8 Å². The highest BCUT2D eigenvalue weighted by atomic mass is 35.5. The molecule has 3 amide bonds. The number of benzene rings is 1. The van der Waals surface area contributed by atoms with Crippen LogP contribution in [0.15, 0.2) is 24.3 Å². The van der Waals surface area contributed by atoms with Crippen molar-refractivity contribution in [1.29, 1.82) is 0 Å². The van der Waals surface area contributed by atoms with Crippen LogP contribution in [0, 0.1) is 11.8 Å². The molecule has 156 valence electrons. The Hall–Kier alpha value is -2.61. The number of hydrogen-bond acceptors (Lipinski definition) is 6. The molecule has 0 radical (unpaired) electrons. The summed E-state index contributed by atoms with van der Waals surface area (Å²) < 4.78 is 10.3. The van der Waals surface area contributed by atoms with Crippen LogP contribution in [-0.2, 0) is 23.9 Å². The van der Waals surface area contributed by atoms with Gasteiger partial charge in [-0.2, -0.15) is 0 Å². The predicted octanol–water partition coefficient (Wildman–Crippen LogP) is 1.55. The average molecular weight is 423 g/mol. The van der Waals surface area contributed by atoms with E-state index in [9.17, 15) is 19.2 Å². The maximum Gasteiger partial charge on any atom is 0.326 e. The van der Waals surface area contributed by atoms with Crippen LogP contribution >= 0.6 is 11.6 Å². The first-order chi connectivity index (χ1) is 14.0. The van der Waals surface area contributed by atoms with Gasteiger partial charge in [0.15, 0.2) is 6.61 Å². The number of carbonyl (C=O) groups is 4. The highest BCUT2D eigenvalue weighted by Gasteiger charge is 2.48. The van der Waals surface area contributed by atoms with Crippen molar-refractivity contribution in [3.63, 3.8) is 0 Å². The summed E-state index contributed by atoms with van der Waals surface area (Å²) in [4.78, 5) is 49.4. The SMILES string of the molecule is O=C(COC(=O)CN1C(=O)[C@H]2CCCC[C@H]2C1=O)NCCOc1ccc(Cl)cc1. The Morgan fingerprint density at radius 2 is 1.69 bits per heavy atom. The van der Waals surface area contributed by atoms with Crippen LogP contribution in [0.5, 0.6) is 5.75 Å². The zero-order valence-corrected chi connectivity index (χ0v) is 16.7. The quantitative estimate of drug-likeness (QED) is 0.387. The molecule has 3 rings (SSSR count). The number of nitrogens with zero attached hydrogens (tertiary/aromatic N) is 1. The third kappa shape index (κ3) is 5.47. The normalized spacial score (nSPS) is 20.9. The summed E-state index contributed by atoms with van der Waals surface area (Å²) >= 11 is 5.78. The summed E-state index contributed by atoms with van der Waals surface area (Å²) in [6, 6.07) is 6.81. The first-order valence-corrected chi connectivity index (χ1v) is 9.99. The number of rotatable bonds is 8. The van der Waals surface area contributed by atoms with Gasteiger partial charge in [0.05, 0.1) is 18.4 Å². The standard InChI is InChI=1S/C20H23ClN2O6/c21-13-5-7-14(8-6-13)28-10-9-22-17(24)12-29-18(25)11-23-19(26)15-3-1-2-4-16(15)20(23)27/h5-8,15-16H,1-4,9-12H2,(H,22,24)/t15-,16+. The second-order valence-corrected chi connectivity index (χ2v) is 7.51. The van der Waals surface area contributed by atoms with Gasteiger partial charge in [-0.1, -0.05) is 24.4 Å². The fraction of sp³-hybridized carbons (Fsp3) is 0.500. The molecular weight excluding hydrogens is 400 g/mol. The fourth-order valence-electron chi connectivity index (χ4n) is 3.65. The molecule has 1 aromatic rings. The molecule has 0 bridgehead atoms. The summed E-state index contributed by atoms with van der Waals surface area (Å²) in [6.07, 6.45) is 3.20. The van der Waals surface area contributed by atoms with Gasteiger partial charge >= 0.3 is 5.97 Å². The van der Waals surface area contributed by atoms with E-state index in [0.29, 0.717) is 23.6 Å². The number of hydrogen-bond donors (Lipinski definition) is 1. The molecule has 0 aromatic heterocycles. The van der Waals surface area contributed by atoms with E-state index in [1.54, 1.807) is 24.3 Å². The molecule has 1 heterocycles. The topological polar surface area (TPSA) is 102 Å². The van der Waals surface area contributed by atoms with E-state index in [4.69, 9.17) is 21.1 Å². The van der Waals surface area contributed by atoms with E-state index >= 15 is 0 Å². The van der Waals surface area contributed by atoms with Gasteiger partial charge in [-0.25, -0.2) is 0 Å². The second-order valence-electron chi connectivity index (χ2n) is 7.07. The van der Waals surface area contributed by atoms with Crippen LogP contribution in [-0.4, -0.2) is 54.9 Å². The number of carbonyl (C=O) groups excluding carboxylic acids is 4. The molecule has 1 aliphatic carbocycles. The number of imide groups is 1. The van der Waals surface area contributed by atoms with Crippen molar-refractivity contribution in [2.45, 2.75) is 25.7 Å². The lowest BCUT2D eigenvalue weighted by molar-refractivity contribution is -0.154. The molecule has 0 unspecified atom stereocenters. The third-order valence-electron chi connectivity index (χ3n) is 5.09. The van der Waals surface area contributed by atoms with Crippen LogP contribution in [0.1, 0.15) is 25.7 Å². The van der Waals surface area contributed by atoms with Gasteiger partial charge in [-0.3, -0.25) is 24.1 Å². The predicted molar refractivity (Wildman–Crippen MR) is 103 cm³/mol. The van der Waals surface area contributed by atoms with Gasteiger partial charge in [-0.15, -0.1) is 0 Å². The number of ether oxygens (including phenoxy) is 2. The maximum atomic E-state index is 12.3. The molecule has 1 aromatic carbocycles. The lowest BCUT2D eigenvalue weighted by Gasteiger charge is -2.19. The Balaban J connectivity index is 1.33. The molecule has 0 spiro atoms. The summed E-state index contributed by atoms with van der Waals surface area (Å²) in [6.45, 7) is -0.465. The van der Waals surface area contributed by atoms with Crippen LogP contribution in [0.3, 0.4) is 0 Å². The molecular formula is C20H23ClN2O6. The van der Waals surface area contributed by atoms with Gasteiger partial charge < -0.3 is 14.8 Å². The molecule has 1 saturated heterocycles. The lowest BCUT2D eigenvalue weighted by Crippen LogP contribution is -2.38.